The first kappa shape index (κ1) is 6.13. The third-order valence-electron chi connectivity index (χ3n) is 1.10. The highest BCUT2D eigenvalue weighted by Gasteiger charge is 2.00. The second-order valence-corrected chi connectivity index (χ2v) is 1.92. The predicted molar refractivity (Wildman–Crippen MR) is 36.2 cm³/mol. The highest BCUT2D eigenvalue weighted by atomic mass is 16.5. The van der Waals surface area contributed by atoms with E-state index in [2.05, 4.69) is 10.3 Å². The van der Waals surface area contributed by atoms with E-state index in [0.29, 0.717) is 11.9 Å². The Morgan fingerprint density at radius 2 is 2.56 bits per heavy atom. The lowest BCUT2D eigenvalue weighted by molar-refractivity contribution is 0.283. The summed E-state index contributed by atoms with van der Waals surface area (Å²) in [6.45, 7) is 2.02. The number of hydrogen-bond donors (Lipinski definition) is 1. The van der Waals surface area contributed by atoms with E-state index in [1.807, 2.05) is 6.92 Å². The molecule has 0 aromatic carbocycles. The van der Waals surface area contributed by atoms with E-state index >= 15 is 0 Å². The van der Waals surface area contributed by atoms with Gasteiger partial charge < -0.3 is 10.1 Å². The molecule has 3 heteroatoms. The van der Waals surface area contributed by atoms with Crippen molar-refractivity contribution >= 4 is 6.21 Å². The molecule has 1 heterocycles. The fourth-order valence-corrected chi connectivity index (χ4v) is 0.580. The summed E-state index contributed by atoms with van der Waals surface area (Å²) in [4.78, 5) is 3.98. The fourth-order valence-electron chi connectivity index (χ4n) is 0.580. The zero-order valence-electron chi connectivity index (χ0n) is 5.59. The average molecular weight is 126 g/mol. The third-order valence-corrected chi connectivity index (χ3v) is 1.10. The maximum atomic E-state index is 4.84. The van der Waals surface area contributed by atoms with E-state index in [1.54, 1.807) is 19.5 Å². The average Bonchev–Trinajstić information content (AvgIpc) is 1.90. The molecule has 0 aromatic rings. The number of methoxy groups -OCH3 is 1. The number of aliphatic imine (C=N–C) groups is 1. The first-order valence-electron chi connectivity index (χ1n) is 2.87. The van der Waals surface area contributed by atoms with Gasteiger partial charge in [0.25, 0.3) is 0 Å². The van der Waals surface area contributed by atoms with Gasteiger partial charge in [0, 0.05) is 6.21 Å². The normalized spacial score (nSPS) is 24.7. The summed E-state index contributed by atoms with van der Waals surface area (Å²) < 4.78 is 4.84. The van der Waals surface area contributed by atoms with Crippen molar-refractivity contribution in [3.63, 3.8) is 0 Å². The van der Waals surface area contributed by atoms with E-state index in [4.69, 9.17) is 4.74 Å². The maximum absolute atomic E-state index is 4.84. The highest BCUT2D eigenvalue weighted by molar-refractivity contribution is 5.66. The van der Waals surface area contributed by atoms with Crippen molar-refractivity contribution in [3.8, 4) is 0 Å². The van der Waals surface area contributed by atoms with Crippen LogP contribution in [0.4, 0.5) is 0 Å². The molecular weight excluding hydrogens is 116 g/mol. The second-order valence-electron chi connectivity index (χ2n) is 1.92. The fraction of sp³-hybridized carbons (Fsp3) is 0.500. The van der Waals surface area contributed by atoms with E-state index < -0.39 is 0 Å². The standard InChI is InChI=1S/C6H10N2O/c1-5-3-8-6(9-2)4-7-5/h3-5,7H,1-2H3. The summed E-state index contributed by atoms with van der Waals surface area (Å²) >= 11 is 0. The molecule has 50 valence electrons. The Balaban J connectivity index is 2.52. The lowest BCUT2D eigenvalue weighted by Gasteiger charge is -2.11. The van der Waals surface area contributed by atoms with Crippen LogP contribution in [0.3, 0.4) is 0 Å². The molecule has 0 aliphatic carbocycles. The van der Waals surface area contributed by atoms with Gasteiger partial charge >= 0.3 is 0 Å². The minimum atomic E-state index is 0.323. The number of nitrogens with zero attached hydrogens (tertiary/aromatic N) is 1. The molecule has 1 aliphatic rings. The molecule has 0 amide bonds. The molecule has 0 aromatic heterocycles. The molecule has 1 N–H and O–H groups in total. The molecule has 1 unspecified atom stereocenters. The monoisotopic (exact) mass is 126 g/mol. The molecule has 0 spiro atoms. The van der Waals surface area contributed by atoms with Gasteiger partial charge in [-0.3, -0.25) is 0 Å². The van der Waals surface area contributed by atoms with Gasteiger partial charge in [-0.25, -0.2) is 4.99 Å². The lowest BCUT2D eigenvalue weighted by Crippen LogP contribution is -2.25. The van der Waals surface area contributed by atoms with Gasteiger partial charge in [0.1, 0.15) is 0 Å². The number of hydrogen-bond acceptors (Lipinski definition) is 3. The molecule has 0 bridgehead atoms. The van der Waals surface area contributed by atoms with Crippen molar-refractivity contribution in [2.75, 3.05) is 7.11 Å². The highest BCUT2D eigenvalue weighted by Crippen LogP contribution is 1.98. The lowest BCUT2D eigenvalue weighted by atomic mass is 10.3. The Labute approximate surface area is 54.4 Å². The van der Waals surface area contributed by atoms with Crippen LogP contribution in [0.15, 0.2) is 17.1 Å². The van der Waals surface area contributed by atoms with Crippen molar-refractivity contribution in [2.45, 2.75) is 13.0 Å². The molecule has 9 heavy (non-hydrogen) atoms. The summed E-state index contributed by atoms with van der Waals surface area (Å²) in [6.07, 6.45) is 3.56. The van der Waals surface area contributed by atoms with Gasteiger partial charge in [-0.05, 0) is 6.92 Å². The minimum absolute atomic E-state index is 0.323. The molecule has 1 atom stereocenters. The van der Waals surface area contributed by atoms with Gasteiger partial charge in [-0.15, -0.1) is 0 Å². The Bertz CT molecular complexity index is 151. The van der Waals surface area contributed by atoms with Crippen molar-refractivity contribution in [1.82, 2.24) is 5.32 Å². The molecular formula is C6H10N2O. The number of rotatable bonds is 1. The van der Waals surface area contributed by atoms with Gasteiger partial charge in [-0.1, -0.05) is 0 Å². The van der Waals surface area contributed by atoms with E-state index in [-0.39, 0.29) is 0 Å². The zero-order valence-corrected chi connectivity index (χ0v) is 5.59. The van der Waals surface area contributed by atoms with Crippen LogP contribution < -0.4 is 5.32 Å². The van der Waals surface area contributed by atoms with Crippen LogP contribution in [0.1, 0.15) is 6.92 Å². The van der Waals surface area contributed by atoms with Crippen LogP contribution in [0.5, 0.6) is 0 Å². The SMILES string of the molecule is COC1=CNC(C)C=N1. The molecule has 0 saturated carbocycles. The summed E-state index contributed by atoms with van der Waals surface area (Å²) in [6, 6.07) is 0.323. The van der Waals surface area contributed by atoms with Gasteiger partial charge in [0.05, 0.1) is 19.4 Å². The first-order valence-corrected chi connectivity index (χ1v) is 2.87. The van der Waals surface area contributed by atoms with Gasteiger partial charge in [-0.2, -0.15) is 0 Å². The summed E-state index contributed by atoms with van der Waals surface area (Å²) in [7, 11) is 1.60. The zero-order chi connectivity index (χ0) is 6.69. The number of ether oxygens (including phenoxy) is 1. The van der Waals surface area contributed by atoms with E-state index in [1.165, 1.54) is 0 Å². The van der Waals surface area contributed by atoms with Crippen LogP contribution in [-0.2, 0) is 4.74 Å². The topological polar surface area (TPSA) is 33.6 Å². The van der Waals surface area contributed by atoms with Gasteiger partial charge in [0.2, 0.25) is 5.88 Å². The van der Waals surface area contributed by atoms with Crippen LogP contribution in [0.2, 0.25) is 0 Å². The van der Waals surface area contributed by atoms with Crippen LogP contribution in [0.25, 0.3) is 0 Å². The minimum Gasteiger partial charge on any atom is -0.480 e. The van der Waals surface area contributed by atoms with E-state index in [0.717, 1.165) is 0 Å². The molecule has 0 radical (unpaired) electrons. The molecule has 0 saturated heterocycles. The predicted octanol–water partition coefficient (Wildman–Crippen LogP) is 0.494. The summed E-state index contributed by atoms with van der Waals surface area (Å²) in [5.41, 5.74) is 0. The third kappa shape index (κ3) is 1.45. The van der Waals surface area contributed by atoms with Crippen molar-refractivity contribution < 1.29 is 4.74 Å². The number of nitrogens with one attached hydrogen (secondary N) is 1. The molecule has 0 fully saturated rings. The Morgan fingerprint density at radius 1 is 1.78 bits per heavy atom. The smallest absolute Gasteiger partial charge is 0.229 e. The van der Waals surface area contributed by atoms with Gasteiger partial charge in [0.15, 0.2) is 0 Å². The van der Waals surface area contributed by atoms with Crippen LogP contribution in [-0.4, -0.2) is 19.4 Å². The Kier molecular flexibility index (Phi) is 1.72. The molecule has 1 aliphatic heterocycles. The largest absolute Gasteiger partial charge is 0.480 e. The maximum Gasteiger partial charge on any atom is 0.229 e. The van der Waals surface area contributed by atoms with E-state index in [9.17, 15) is 0 Å². The molecule has 1 rings (SSSR count). The second kappa shape index (κ2) is 2.53. The van der Waals surface area contributed by atoms with Crippen LogP contribution in [0, 0.1) is 0 Å². The first-order chi connectivity index (χ1) is 4.33. The van der Waals surface area contributed by atoms with Crippen molar-refractivity contribution in [3.05, 3.63) is 12.1 Å². The summed E-state index contributed by atoms with van der Waals surface area (Å²) in [5, 5.41) is 3.05. The van der Waals surface area contributed by atoms with Crippen LogP contribution >= 0.6 is 0 Å². The quantitative estimate of drug-likeness (QED) is 0.555. The van der Waals surface area contributed by atoms with Crippen molar-refractivity contribution in [2.24, 2.45) is 4.99 Å². The molecule has 3 nitrogen and oxygen atoms in total. The Hall–Kier alpha value is -0.990. The van der Waals surface area contributed by atoms with Crippen molar-refractivity contribution in [1.29, 1.82) is 0 Å². The summed E-state index contributed by atoms with van der Waals surface area (Å²) in [5.74, 6) is 0.633. The Morgan fingerprint density at radius 3 is 3.00 bits per heavy atom.